The van der Waals surface area contributed by atoms with Crippen molar-refractivity contribution >= 4 is 38.9 Å². The quantitative estimate of drug-likeness (QED) is 0.875. The van der Waals surface area contributed by atoms with Crippen molar-refractivity contribution in [1.29, 1.82) is 0 Å². The van der Waals surface area contributed by atoms with Gasteiger partial charge in [0.15, 0.2) is 0 Å². The zero-order chi connectivity index (χ0) is 17.2. The summed E-state index contributed by atoms with van der Waals surface area (Å²) in [7, 11) is -3.85. The van der Waals surface area contributed by atoms with Crippen LogP contribution in [0.1, 0.15) is 27.7 Å². The normalized spacial score (nSPS) is 11.5. The highest BCUT2D eigenvalue weighted by Crippen LogP contribution is 2.24. The molecule has 8 heteroatoms. The molecular weight excluding hydrogens is 356 g/mol. The van der Waals surface area contributed by atoms with E-state index in [1.165, 1.54) is 23.5 Å². The van der Waals surface area contributed by atoms with Crippen molar-refractivity contribution in [1.82, 2.24) is 4.90 Å². The van der Waals surface area contributed by atoms with Crippen LogP contribution >= 0.6 is 22.9 Å². The highest BCUT2D eigenvalue weighted by molar-refractivity contribution is 7.89. The lowest BCUT2D eigenvalue weighted by molar-refractivity contribution is 0.0753. The number of thiophene rings is 1. The maximum atomic E-state index is 12.7. The summed E-state index contributed by atoms with van der Waals surface area (Å²) in [5.41, 5.74) is 1.03. The molecule has 2 rings (SSSR count). The van der Waals surface area contributed by atoms with Gasteiger partial charge in [0.2, 0.25) is 10.0 Å². The second-order valence-corrected chi connectivity index (χ2v) is 8.41. The van der Waals surface area contributed by atoms with Crippen LogP contribution in [0.4, 0.5) is 0 Å². The first-order chi connectivity index (χ1) is 10.7. The molecule has 1 aromatic heterocycles. The van der Waals surface area contributed by atoms with Crippen LogP contribution in [0.3, 0.4) is 0 Å². The van der Waals surface area contributed by atoms with Gasteiger partial charge in [-0.2, -0.15) is 0 Å². The number of amides is 1. The van der Waals surface area contributed by atoms with Crippen LogP contribution in [0, 0.1) is 6.92 Å². The van der Waals surface area contributed by atoms with Gasteiger partial charge in [-0.3, -0.25) is 4.79 Å². The van der Waals surface area contributed by atoms with Crippen molar-refractivity contribution in [2.75, 3.05) is 6.54 Å². The third-order valence-corrected chi connectivity index (χ3v) is 5.54. The minimum Gasteiger partial charge on any atom is -0.334 e. The van der Waals surface area contributed by atoms with Crippen LogP contribution in [-0.2, 0) is 16.6 Å². The minimum absolute atomic E-state index is 0.0679. The fourth-order valence-corrected chi connectivity index (χ4v) is 3.77. The van der Waals surface area contributed by atoms with Crippen molar-refractivity contribution < 1.29 is 13.2 Å². The second kappa shape index (κ2) is 7.00. The van der Waals surface area contributed by atoms with E-state index in [4.69, 9.17) is 16.7 Å². The Labute approximate surface area is 144 Å². The van der Waals surface area contributed by atoms with Crippen LogP contribution in [0.2, 0.25) is 4.34 Å². The lowest BCUT2D eigenvalue weighted by Gasteiger charge is -2.21. The van der Waals surface area contributed by atoms with E-state index in [-0.39, 0.29) is 10.8 Å². The van der Waals surface area contributed by atoms with E-state index in [0.29, 0.717) is 28.6 Å². The molecule has 0 spiro atoms. The first kappa shape index (κ1) is 17.9. The predicted molar refractivity (Wildman–Crippen MR) is 92.3 cm³/mol. The van der Waals surface area contributed by atoms with E-state index in [0.717, 1.165) is 4.88 Å². The number of rotatable bonds is 5. The number of carbonyl (C=O) groups excluding carboxylic acids is 1. The van der Waals surface area contributed by atoms with Crippen LogP contribution in [0.15, 0.2) is 35.2 Å². The number of sulfonamides is 1. The van der Waals surface area contributed by atoms with Gasteiger partial charge in [0.1, 0.15) is 0 Å². The first-order valence-electron chi connectivity index (χ1n) is 6.89. The lowest BCUT2D eigenvalue weighted by atomic mass is 10.1. The van der Waals surface area contributed by atoms with Gasteiger partial charge in [-0.25, -0.2) is 13.6 Å². The summed E-state index contributed by atoms with van der Waals surface area (Å²) >= 11 is 7.33. The predicted octanol–water partition coefficient (Wildman–Crippen LogP) is 3.02. The maximum absolute atomic E-state index is 12.7. The molecule has 0 radical (unpaired) electrons. The van der Waals surface area contributed by atoms with Gasteiger partial charge in [0.25, 0.3) is 5.91 Å². The average Bonchev–Trinajstić information content (AvgIpc) is 2.88. The molecule has 0 bridgehead atoms. The number of aryl methyl sites for hydroxylation is 1. The van der Waals surface area contributed by atoms with E-state index in [2.05, 4.69) is 0 Å². The topological polar surface area (TPSA) is 80.5 Å². The Morgan fingerprint density at radius 3 is 2.52 bits per heavy atom. The van der Waals surface area contributed by atoms with Gasteiger partial charge in [-0.1, -0.05) is 17.7 Å². The molecule has 0 saturated carbocycles. The van der Waals surface area contributed by atoms with Crippen molar-refractivity contribution in [2.45, 2.75) is 25.3 Å². The Morgan fingerprint density at radius 1 is 1.30 bits per heavy atom. The molecule has 0 unspecified atom stereocenters. The summed E-state index contributed by atoms with van der Waals surface area (Å²) in [5.74, 6) is -0.236. The highest BCUT2D eigenvalue weighted by Gasteiger charge is 2.20. The molecule has 0 aliphatic rings. The Morgan fingerprint density at radius 2 is 2.00 bits per heavy atom. The number of halogens is 1. The fourth-order valence-electron chi connectivity index (χ4n) is 2.13. The summed E-state index contributed by atoms with van der Waals surface area (Å²) < 4.78 is 23.6. The molecule has 1 heterocycles. The van der Waals surface area contributed by atoms with Gasteiger partial charge >= 0.3 is 0 Å². The van der Waals surface area contributed by atoms with Crippen LogP contribution in [-0.4, -0.2) is 25.8 Å². The molecule has 0 saturated heterocycles. The van der Waals surface area contributed by atoms with E-state index >= 15 is 0 Å². The van der Waals surface area contributed by atoms with Gasteiger partial charge in [0, 0.05) is 17.0 Å². The summed E-state index contributed by atoms with van der Waals surface area (Å²) in [6.07, 6.45) is 0. The first-order valence-corrected chi connectivity index (χ1v) is 9.63. The number of hydrogen-bond acceptors (Lipinski definition) is 4. The monoisotopic (exact) mass is 372 g/mol. The molecule has 2 N–H and O–H groups in total. The molecule has 124 valence electrons. The van der Waals surface area contributed by atoms with Gasteiger partial charge in [0.05, 0.1) is 15.8 Å². The molecule has 0 aliphatic carbocycles. The lowest BCUT2D eigenvalue weighted by Crippen LogP contribution is -2.30. The van der Waals surface area contributed by atoms with Crippen molar-refractivity contribution in [3.63, 3.8) is 0 Å². The van der Waals surface area contributed by atoms with Crippen molar-refractivity contribution in [2.24, 2.45) is 5.14 Å². The molecule has 2 aromatic rings. The standard InChI is InChI=1S/C15H17ClN2O3S2/c1-3-18(9-11-5-7-14(16)22-11)15(19)13-8-12(23(17,20)21)6-4-10(13)2/h4-8H,3,9H2,1-2H3,(H2,17,20,21). The highest BCUT2D eigenvalue weighted by atomic mass is 35.5. The molecule has 0 atom stereocenters. The Kier molecular flexibility index (Phi) is 5.46. The van der Waals surface area contributed by atoms with E-state index < -0.39 is 10.0 Å². The molecule has 5 nitrogen and oxygen atoms in total. The van der Waals surface area contributed by atoms with Gasteiger partial charge < -0.3 is 4.90 Å². The number of benzene rings is 1. The summed E-state index contributed by atoms with van der Waals surface area (Å²) in [5, 5.41) is 5.15. The second-order valence-electron chi connectivity index (χ2n) is 5.05. The molecule has 0 fully saturated rings. The van der Waals surface area contributed by atoms with Crippen LogP contribution in [0.25, 0.3) is 0 Å². The maximum Gasteiger partial charge on any atom is 0.254 e. The zero-order valence-electron chi connectivity index (χ0n) is 12.7. The third-order valence-electron chi connectivity index (χ3n) is 3.41. The molecule has 0 aliphatic heterocycles. The van der Waals surface area contributed by atoms with E-state index in [9.17, 15) is 13.2 Å². The fraction of sp³-hybridized carbons (Fsp3) is 0.267. The number of nitrogens with zero attached hydrogens (tertiary/aromatic N) is 1. The summed E-state index contributed by atoms with van der Waals surface area (Å²) in [4.78, 5) is 15.3. The molecule has 23 heavy (non-hydrogen) atoms. The summed E-state index contributed by atoms with van der Waals surface area (Å²) in [6.45, 7) is 4.54. The number of carbonyl (C=O) groups is 1. The largest absolute Gasteiger partial charge is 0.334 e. The SMILES string of the molecule is CCN(Cc1ccc(Cl)s1)C(=O)c1cc(S(N)(=O)=O)ccc1C. The van der Waals surface area contributed by atoms with E-state index in [1.54, 1.807) is 24.0 Å². The molecule has 1 amide bonds. The van der Waals surface area contributed by atoms with E-state index in [1.807, 2.05) is 13.0 Å². The van der Waals surface area contributed by atoms with Crippen molar-refractivity contribution in [3.05, 3.63) is 50.7 Å². The average molecular weight is 373 g/mol. The summed E-state index contributed by atoms with van der Waals surface area (Å²) in [6, 6.07) is 7.97. The van der Waals surface area contributed by atoms with Gasteiger partial charge in [-0.15, -0.1) is 11.3 Å². The Balaban J connectivity index is 2.33. The van der Waals surface area contributed by atoms with Crippen LogP contribution < -0.4 is 5.14 Å². The smallest absolute Gasteiger partial charge is 0.254 e. The zero-order valence-corrected chi connectivity index (χ0v) is 15.1. The van der Waals surface area contributed by atoms with Crippen molar-refractivity contribution in [3.8, 4) is 0 Å². The Hall–Kier alpha value is -1.41. The van der Waals surface area contributed by atoms with Gasteiger partial charge in [-0.05, 0) is 43.7 Å². The number of primary sulfonamides is 1. The third kappa shape index (κ3) is 4.32. The van der Waals surface area contributed by atoms with Crippen LogP contribution in [0.5, 0.6) is 0 Å². The molecular formula is C15H17ClN2O3S2. The minimum atomic E-state index is -3.85. The number of nitrogens with two attached hydrogens (primary N) is 1. The molecule has 1 aromatic carbocycles. The number of hydrogen-bond donors (Lipinski definition) is 1. The Bertz CT molecular complexity index is 831.